The summed E-state index contributed by atoms with van der Waals surface area (Å²) in [6.07, 6.45) is 6.63. The Morgan fingerprint density at radius 1 is 0.844 bits per heavy atom. The molecule has 0 N–H and O–H groups in total. The van der Waals surface area contributed by atoms with Gasteiger partial charge in [0.15, 0.2) is 0 Å². The van der Waals surface area contributed by atoms with Crippen LogP contribution in [0.15, 0.2) is 91.0 Å². The zero-order chi connectivity index (χ0) is 21.9. The molecule has 3 rings (SSSR count). The van der Waals surface area contributed by atoms with E-state index >= 15 is 0 Å². The number of hydrogen-bond donors (Lipinski definition) is 0. The third kappa shape index (κ3) is 6.63. The van der Waals surface area contributed by atoms with Crippen LogP contribution in [0.4, 0.5) is 0 Å². The second kappa shape index (κ2) is 13.3. The van der Waals surface area contributed by atoms with Gasteiger partial charge in [-0.25, -0.2) is 6.08 Å². The van der Waals surface area contributed by atoms with Gasteiger partial charge >= 0.3 is 18.9 Å². The van der Waals surface area contributed by atoms with Gasteiger partial charge in [-0.05, 0) is 35.2 Å². The van der Waals surface area contributed by atoms with Crippen LogP contribution in [0.3, 0.4) is 0 Å². The van der Waals surface area contributed by atoms with Gasteiger partial charge in [-0.1, -0.05) is 99.0 Å². The SMILES string of the molecule is [CH-]=CC(CCCCC)OC(Cc1ccc(OC)cc1)(c1ccccc1)c1ccccc1.[Li+]. The standard InChI is InChI=1S/C29H33O2.Li/c1-4-6-9-18-27(5-2)31-29(25-14-10-7-11-15-25,26-16-12-8-13-17-26)23-24-19-21-28(30-3)22-20-24;/h2,5,7-8,10-17,19-22,27H,4,6,9,18,23H2,1,3H3;/q-1;+1. The van der Waals surface area contributed by atoms with Gasteiger partial charge < -0.3 is 16.1 Å². The minimum Gasteiger partial charge on any atom is -0.515 e. The Morgan fingerprint density at radius 3 is 1.88 bits per heavy atom. The summed E-state index contributed by atoms with van der Waals surface area (Å²) in [5.74, 6) is 0.849. The molecule has 0 spiro atoms. The summed E-state index contributed by atoms with van der Waals surface area (Å²) in [4.78, 5) is 0. The van der Waals surface area contributed by atoms with Gasteiger partial charge in [0.2, 0.25) is 0 Å². The van der Waals surface area contributed by atoms with Gasteiger partial charge in [-0.15, -0.1) is 0 Å². The molecule has 0 radical (unpaired) electrons. The molecule has 3 aromatic carbocycles. The Balaban J connectivity index is 0.00000363. The van der Waals surface area contributed by atoms with E-state index in [1.807, 2.05) is 24.3 Å². The first-order chi connectivity index (χ1) is 15.2. The zero-order valence-corrected chi connectivity index (χ0v) is 19.7. The van der Waals surface area contributed by atoms with Crippen LogP contribution in [0, 0.1) is 6.58 Å². The van der Waals surface area contributed by atoms with Crippen LogP contribution in [0.25, 0.3) is 0 Å². The van der Waals surface area contributed by atoms with Gasteiger partial charge in [0.05, 0.1) is 7.11 Å². The summed E-state index contributed by atoms with van der Waals surface area (Å²) in [5, 5.41) is 0. The van der Waals surface area contributed by atoms with Gasteiger partial charge in [0.1, 0.15) is 11.4 Å². The first kappa shape index (κ1) is 26.0. The molecule has 0 aliphatic rings. The van der Waals surface area contributed by atoms with Crippen LogP contribution in [0.5, 0.6) is 5.75 Å². The maximum absolute atomic E-state index is 6.95. The fraction of sp³-hybridized carbons (Fsp3) is 0.310. The summed E-state index contributed by atoms with van der Waals surface area (Å²) in [6, 6.07) is 29.2. The Morgan fingerprint density at radius 2 is 1.41 bits per heavy atom. The van der Waals surface area contributed by atoms with Crippen molar-refractivity contribution >= 4 is 0 Å². The molecule has 0 fully saturated rings. The summed E-state index contributed by atoms with van der Waals surface area (Å²) < 4.78 is 12.3. The van der Waals surface area contributed by atoms with Crippen LogP contribution in [0.2, 0.25) is 0 Å². The van der Waals surface area contributed by atoms with E-state index in [2.05, 4.69) is 67.6 Å². The topological polar surface area (TPSA) is 18.5 Å². The molecule has 3 aromatic rings. The summed E-state index contributed by atoms with van der Waals surface area (Å²) in [5.41, 5.74) is 2.78. The molecule has 0 bridgehead atoms. The predicted octanol–water partition coefficient (Wildman–Crippen LogP) is 4.14. The number of rotatable bonds is 12. The molecule has 0 saturated heterocycles. The zero-order valence-electron chi connectivity index (χ0n) is 19.7. The first-order valence-corrected chi connectivity index (χ1v) is 11.2. The second-order valence-electron chi connectivity index (χ2n) is 7.93. The van der Waals surface area contributed by atoms with Crippen molar-refractivity contribution in [2.45, 2.75) is 50.7 Å². The van der Waals surface area contributed by atoms with E-state index in [-0.39, 0.29) is 25.0 Å². The van der Waals surface area contributed by atoms with Crippen LogP contribution < -0.4 is 23.6 Å². The second-order valence-corrected chi connectivity index (χ2v) is 7.93. The van der Waals surface area contributed by atoms with E-state index < -0.39 is 5.60 Å². The molecule has 1 unspecified atom stereocenters. The Hall–Kier alpha value is -2.24. The van der Waals surface area contributed by atoms with Crippen molar-refractivity contribution in [3.05, 3.63) is 114 Å². The third-order valence-electron chi connectivity index (χ3n) is 5.75. The van der Waals surface area contributed by atoms with Crippen LogP contribution in [0.1, 0.15) is 49.3 Å². The largest absolute Gasteiger partial charge is 1.00 e. The molecular weight excluding hydrogens is 387 g/mol. The fourth-order valence-electron chi connectivity index (χ4n) is 4.04. The van der Waals surface area contributed by atoms with Crippen molar-refractivity contribution in [3.63, 3.8) is 0 Å². The molecule has 32 heavy (non-hydrogen) atoms. The average Bonchev–Trinajstić information content (AvgIpc) is 2.84. The van der Waals surface area contributed by atoms with E-state index in [4.69, 9.17) is 16.1 Å². The van der Waals surface area contributed by atoms with Crippen LogP contribution >= 0.6 is 0 Å². The van der Waals surface area contributed by atoms with Crippen molar-refractivity contribution in [3.8, 4) is 5.75 Å². The molecule has 0 aromatic heterocycles. The summed E-state index contributed by atoms with van der Waals surface area (Å²) in [6.45, 7) is 8.30. The number of benzene rings is 3. The summed E-state index contributed by atoms with van der Waals surface area (Å²) in [7, 11) is 1.69. The number of hydrogen-bond acceptors (Lipinski definition) is 2. The Bertz CT molecular complexity index is 867. The fourth-order valence-corrected chi connectivity index (χ4v) is 4.04. The number of methoxy groups -OCH3 is 1. The van der Waals surface area contributed by atoms with Crippen LogP contribution in [-0.2, 0) is 16.8 Å². The molecule has 3 heteroatoms. The van der Waals surface area contributed by atoms with Gasteiger partial charge in [-0.3, -0.25) is 0 Å². The van der Waals surface area contributed by atoms with Gasteiger partial charge in [-0.2, -0.15) is 0 Å². The van der Waals surface area contributed by atoms with Crippen LogP contribution in [-0.4, -0.2) is 13.2 Å². The van der Waals surface area contributed by atoms with E-state index in [0.717, 1.165) is 29.7 Å². The molecular formula is C29H33LiO2. The van der Waals surface area contributed by atoms with E-state index in [1.54, 1.807) is 13.2 Å². The van der Waals surface area contributed by atoms with E-state index in [9.17, 15) is 0 Å². The summed E-state index contributed by atoms with van der Waals surface area (Å²) >= 11 is 0. The minimum absolute atomic E-state index is 0. The number of unbranched alkanes of at least 4 members (excludes halogenated alkanes) is 2. The third-order valence-corrected chi connectivity index (χ3v) is 5.75. The molecule has 2 nitrogen and oxygen atoms in total. The van der Waals surface area contributed by atoms with Crippen molar-refractivity contribution in [1.29, 1.82) is 0 Å². The molecule has 0 aliphatic carbocycles. The van der Waals surface area contributed by atoms with E-state index in [0.29, 0.717) is 6.42 Å². The average molecular weight is 421 g/mol. The number of ether oxygens (including phenoxy) is 2. The maximum Gasteiger partial charge on any atom is 1.00 e. The van der Waals surface area contributed by atoms with Gasteiger partial charge in [0.25, 0.3) is 0 Å². The molecule has 0 amide bonds. The maximum atomic E-state index is 6.95. The monoisotopic (exact) mass is 420 g/mol. The molecule has 0 saturated carbocycles. The van der Waals surface area contributed by atoms with E-state index in [1.165, 1.54) is 18.4 Å². The van der Waals surface area contributed by atoms with Crippen molar-refractivity contribution < 1.29 is 28.3 Å². The molecule has 1 atom stereocenters. The smallest absolute Gasteiger partial charge is 0.515 e. The normalized spacial score (nSPS) is 11.9. The minimum atomic E-state index is -0.649. The van der Waals surface area contributed by atoms with Gasteiger partial charge in [0, 0.05) is 12.5 Å². The van der Waals surface area contributed by atoms with Crippen molar-refractivity contribution in [2.24, 2.45) is 0 Å². The molecule has 162 valence electrons. The van der Waals surface area contributed by atoms with Crippen molar-refractivity contribution in [1.82, 2.24) is 0 Å². The van der Waals surface area contributed by atoms with Crippen molar-refractivity contribution in [2.75, 3.05) is 7.11 Å². The quantitative estimate of drug-likeness (QED) is 0.249. The Labute approximate surface area is 205 Å². The predicted molar refractivity (Wildman–Crippen MR) is 128 cm³/mol. The molecule has 0 heterocycles. The molecule has 0 aliphatic heterocycles. The Kier molecular flexibility index (Phi) is 10.8. The first-order valence-electron chi connectivity index (χ1n) is 11.2.